The molecule has 0 bridgehead atoms. The minimum absolute atomic E-state index is 0.207. The summed E-state index contributed by atoms with van der Waals surface area (Å²) in [5.41, 5.74) is -0.578. The van der Waals surface area contributed by atoms with E-state index >= 15 is 0 Å². The Morgan fingerprint density at radius 1 is 1.50 bits per heavy atom. The number of hydrogen-bond acceptors (Lipinski definition) is 2. The van der Waals surface area contributed by atoms with Crippen LogP contribution >= 0.6 is 11.6 Å². The zero-order chi connectivity index (χ0) is 10.2. The standard InChI is InChI=1S/C10H10ClFO2/c11-8-2-1-3-9(12)7(8)4-10(13)5-14-6-10/h1-3,13H,4-6H2. The Bertz CT molecular complexity index is 330. The maximum atomic E-state index is 13.3. The van der Waals surface area contributed by atoms with Crippen LogP contribution in [0.25, 0.3) is 0 Å². The second kappa shape index (κ2) is 3.50. The first-order valence-corrected chi connectivity index (χ1v) is 4.72. The van der Waals surface area contributed by atoms with Crippen LogP contribution in [0.1, 0.15) is 5.56 Å². The summed E-state index contributed by atoms with van der Waals surface area (Å²) in [5.74, 6) is -0.377. The Morgan fingerprint density at radius 2 is 2.21 bits per heavy atom. The summed E-state index contributed by atoms with van der Waals surface area (Å²) in [4.78, 5) is 0. The van der Waals surface area contributed by atoms with Crippen molar-refractivity contribution >= 4 is 11.6 Å². The second-order valence-corrected chi connectivity index (χ2v) is 4.00. The van der Waals surface area contributed by atoms with Crippen molar-refractivity contribution in [1.29, 1.82) is 0 Å². The normalized spacial score (nSPS) is 19.1. The number of benzene rings is 1. The van der Waals surface area contributed by atoms with Gasteiger partial charge in [-0.1, -0.05) is 17.7 Å². The van der Waals surface area contributed by atoms with E-state index in [1.165, 1.54) is 6.07 Å². The van der Waals surface area contributed by atoms with Gasteiger partial charge in [-0.05, 0) is 12.1 Å². The SMILES string of the molecule is OC1(Cc2c(F)cccc2Cl)COC1. The summed E-state index contributed by atoms with van der Waals surface area (Å²) in [6.45, 7) is 0.495. The first kappa shape index (κ1) is 9.90. The van der Waals surface area contributed by atoms with Crippen molar-refractivity contribution in [3.8, 4) is 0 Å². The topological polar surface area (TPSA) is 29.5 Å². The van der Waals surface area contributed by atoms with E-state index in [-0.39, 0.29) is 25.5 Å². The van der Waals surface area contributed by atoms with E-state index < -0.39 is 5.60 Å². The highest BCUT2D eigenvalue weighted by Crippen LogP contribution is 2.27. The smallest absolute Gasteiger partial charge is 0.127 e. The van der Waals surface area contributed by atoms with Crippen molar-refractivity contribution in [3.63, 3.8) is 0 Å². The highest BCUT2D eigenvalue weighted by atomic mass is 35.5. The molecule has 1 heterocycles. The molecule has 2 nitrogen and oxygen atoms in total. The lowest BCUT2D eigenvalue weighted by atomic mass is 9.92. The van der Waals surface area contributed by atoms with Crippen molar-refractivity contribution in [2.45, 2.75) is 12.0 Å². The molecule has 2 rings (SSSR count). The molecule has 1 aliphatic heterocycles. The molecule has 1 fully saturated rings. The molecule has 0 amide bonds. The van der Waals surface area contributed by atoms with Gasteiger partial charge in [0.25, 0.3) is 0 Å². The zero-order valence-electron chi connectivity index (χ0n) is 7.46. The van der Waals surface area contributed by atoms with E-state index in [1.807, 2.05) is 0 Å². The van der Waals surface area contributed by atoms with Gasteiger partial charge in [0.05, 0.1) is 13.2 Å². The Hall–Kier alpha value is -0.640. The van der Waals surface area contributed by atoms with Crippen LogP contribution in [0.3, 0.4) is 0 Å². The monoisotopic (exact) mass is 216 g/mol. The first-order valence-electron chi connectivity index (χ1n) is 4.34. The molecule has 76 valence electrons. The highest BCUT2D eigenvalue weighted by Gasteiger charge is 2.37. The van der Waals surface area contributed by atoms with Gasteiger partial charge in [-0.25, -0.2) is 4.39 Å². The average Bonchev–Trinajstić information content (AvgIpc) is 2.09. The van der Waals surface area contributed by atoms with E-state index in [0.29, 0.717) is 10.6 Å². The van der Waals surface area contributed by atoms with E-state index in [1.54, 1.807) is 12.1 Å². The molecule has 14 heavy (non-hydrogen) atoms. The highest BCUT2D eigenvalue weighted by molar-refractivity contribution is 6.31. The first-order chi connectivity index (χ1) is 6.61. The van der Waals surface area contributed by atoms with E-state index in [9.17, 15) is 9.50 Å². The third kappa shape index (κ3) is 1.75. The van der Waals surface area contributed by atoms with Gasteiger partial charge in [-0.2, -0.15) is 0 Å². The third-order valence-electron chi connectivity index (χ3n) is 2.31. The molecule has 1 N–H and O–H groups in total. The van der Waals surface area contributed by atoms with Crippen LogP contribution in [-0.2, 0) is 11.2 Å². The van der Waals surface area contributed by atoms with Gasteiger partial charge in [0, 0.05) is 17.0 Å². The van der Waals surface area contributed by atoms with Gasteiger partial charge in [0.15, 0.2) is 0 Å². The van der Waals surface area contributed by atoms with Crippen LogP contribution in [0.5, 0.6) is 0 Å². The summed E-state index contributed by atoms with van der Waals surface area (Å²) in [6.07, 6.45) is 0.207. The summed E-state index contributed by atoms with van der Waals surface area (Å²) in [5, 5.41) is 10.1. The number of rotatable bonds is 2. The van der Waals surface area contributed by atoms with Crippen LogP contribution in [0, 0.1) is 5.82 Å². The molecule has 1 saturated heterocycles. The Labute approximate surface area is 86.3 Å². The molecule has 0 aliphatic carbocycles. The second-order valence-electron chi connectivity index (χ2n) is 3.59. The molecule has 1 aromatic rings. The van der Waals surface area contributed by atoms with Crippen LogP contribution in [0.2, 0.25) is 5.02 Å². The largest absolute Gasteiger partial charge is 0.385 e. The molecule has 0 aromatic heterocycles. The summed E-state index contributed by atoms with van der Waals surface area (Å²) in [6, 6.07) is 4.50. The fraction of sp³-hybridized carbons (Fsp3) is 0.400. The summed E-state index contributed by atoms with van der Waals surface area (Å²) in [7, 11) is 0. The quantitative estimate of drug-likeness (QED) is 0.817. The predicted octanol–water partition coefficient (Wildman–Crippen LogP) is 1.78. The van der Waals surface area contributed by atoms with Crippen LogP contribution in [0.15, 0.2) is 18.2 Å². The zero-order valence-corrected chi connectivity index (χ0v) is 8.22. The lowest BCUT2D eigenvalue weighted by Gasteiger charge is -2.36. The minimum atomic E-state index is -0.939. The van der Waals surface area contributed by atoms with Crippen molar-refractivity contribution in [2.24, 2.45) is 0 Å². The Kier molecular flexibility index (Phi) is 2.47. The van der Waals surface area contributed by atoms with Gasteiger partial charge in [-0.3, -0.25) is 0 Å². The molecule has 0 atom stereocenters. The van der Waals surface area contributed by atoms with Crippen molar-refractivity contribution < 1.29 is 14.2 Å². The van der Waals surface area contributed by atoms with E-state index in [2.05, 4.69) is 0 Å². The van der Waals surface area contributed by atoms with Crippen LogP contribution < -0.4 is 0 Å². The molecule has 1 aromatic carbocycles. The van der Waals surface area contributed by atoms with Gasteiger partial charge in [-0.15, -0.1) is 0 Å². The fourth-order valence-electron chi connectivity index (χ4n) is 1.47. The molecule has 4 heteroatoms. The van der Waals surface area contributed by atoms with Crippen LogP contribution in [0.4, 0.5) is 4.39 Å². The molecular weight excluding hydrogens is 207 g/mol. The lowest BCUT2D eigenvalue weighted by molar-refractivity contribution is -0.176. The van der Waals surface area contributed by atoms with E-state index in [0.717, 1.165) is 0 Å². The van der Waals surface area contributed by atoms with Gasteiger partial charge in [0.2, 0.25) is 0 Å². The molecule has 0 spiro atoms. The predicted molar refractivity (Wildman–Crippen MR) is 50.9 cm³/mol. The van der Waals surface area contributed by atoms with E-state index in [4.69, 9.17) is 16.3 Å². The average molecular weight is 217 g/mol. The maximum Gasteiger partial charge on any atom is 0.127 e. The molecule has 0 radical (unpaired) electrons. The van der Waals surface area contributed by atoms with Gasteiger partial charge >= 0.3 is 0 Å². The lowest BCUT2D eigenvalue weighted by Crippen LogP contribution is -2.51. The van der Waals surface area contributed by atoms with Gasteiger partial charge in [0.1, 0.15) is 11.4 Å². The summed E-state index contributed by atoms with van der Waals surface area (Å²) < 4.78 is 18.2. The number of ether oxygens (including phenoxy) is 1. The minimum Gasteiger partial charge on any atom is -0.385 e. The fourth-order valence-corrected chi connectivity index (χ4v) is 1.70. The molecule has 1 aliphatic rings. The van der Waals surface area contributed by atoms with Crippen molar-refractivity contribution in [1.82, 2.24) is 0 Å². The maximum absolute atomic E-state index is 13.3. The Balaban J connectivity index is 2.23. The molecule has 0 unspecified atom stereocenters. The van der Waals surface area contributed by atoms with Crippen LogP contribution in [-0.4, -0.2) is 23.9 Å². The van der Waals surface area contributed by atoms with Gasteiger partial charge < -0.3 is 9.84 Å². The van der Waals surface area contributed by atoms with Crippen molar-refractivity contribution in [3.05, 3.63) is 34.6 Å². The third-order valence-corrected chi connectivity index (χ3v) is 2.66. The summed E-state index contributed by atoms with van der Waals surface area (Å²) >= 11 is 5.82. The molecule has 0 saturated carbocycles. The van der Waals surface area contributed by atoms with Crippen molar-refractivity contribution in [2.75, 3.05) is 13.2 Å². The number of aliphatic hydroxyl groups is 1. The Morgan fingerprint density at radius 3 is 2.71 bits per heavy atom. The number of hydrogen-bond donors (Lipinski definition) is 1. The molecular formula is C10H10ClFO2. The number of halogens is 2.